The molecule has 154 valence electrons. The zero-order chi connectivity index (χ0) is 21.3. The molecule has 3 aromatic rings. The van der Waals surface area contributed by atoms with Crippen molar-refractivity contribution in [1.29, 1.82) is 0 Å². The molecule has 0 fully saturated rings. The molecule has 0 aliphatic rings. The number of hydrogen-bond donors (Lipinski definition) is 2. The predicted molar refractivity (Wildman–Crippen MR) is 123 cm³/mol. The highest BCUT2D eigenvalue weighted by molar-refractivity contribution is 7.99. The molecule has 0 radical (unpaired) electrons. The van der Waals surface area contributed by atoms with Gasteiger partial charge in [0, 0.05) is 46.0 Å². The maximum atomic E-state index is 12.2. The summed E-state index contributed by atoms with van der Waals surface area (Å²) in [4.78, 5) is 28.3. The van der Waals surface area contributed by atoms with E-state index in [4.69, 9.17) is 23.2 Å². The molecule has 2 amide bonds. The van der Waals surface area contributed by atoms with Crippen LogP contribution >= 0.6 is 35.0 Å². The summed E-state index contributed by atoms with van der Waals surface area (Å²) in [5, 5.41) is 6.92. The number of carbonyl (C=O) groups excluding carboxylic acids is 2. The van der Waals surface area contributed by atoms with Gasteiger partial charge in [-0.15, -0.1) is 11.8 Å². The maximum Gasteiger partial charge on any atom is 0.255 e. The predicted octanol–water partition coefficient (Wildman–Crippen LogP) is 5.19. The highest BCUT2D eigenvalue weighted by Gasteiger charge is 2.08. The van der Waals surface area contributed by atoms with Crippen LogP contribution < -0.4 is 10.6 Å². The van der Waals surface area contributed by atoms with Crippen LogP contribution in [-0.2, 0) is 17.1 Å². The molecule has 0 atom stereocenters. The Morgan fingerprint density at radius 3 is 2.57 bits per heavy atom. The average Bonchev–Trinajstić information content (AvgIpc) is 2.75. The minimum atomic E-state index is -0.212. The van der Waals surface area contributed by atoms with Crippen molar-refractivity contribution in [3.63, 3.8) is 0 Å². The van der Waals surface area contributed by atoms with Gasteiger partial charge in [0.1, 0.15) is 0 Å². The highest BCUT2D eigenvalue weighted by atomic mass is 35.5. The van der Waals surface area contributed by atoms with Gasteiger partial charge in [-0.25, -0.2) is 0 Å². The van der Waals surface area contributed by atoms with E-state index in [1.165, 1.54) is 11.8 Å². The molecular formula is C22H19Cl2N3O2S. The van der Waals surface area contributed by atoms with Gasteiger partial charge in [0.25, 0.3) is 5.91 Å². The lowest BCUT2D eigenvalue weighted by Crippen LogP contribution is -2.24. The zero-order valence-electron chi connectivity index (χ0n) is 15.9. The summed E-state index contributed by atoms with van der Waals surface area (Å²) in [6.45, 7) is 0.375. The Morgan fingerprint density at radius 1 is 1.00 bits per heavy atom. The Bertz CT molecular complexity index is 1030. The summed E-state index contributed by atoms with van der Waals surface area (Å²) in [6.07, 6.45) is 3.14. The van der Waals surface area contributed by atoms with Gasteiger partial charge < -0.3 is 10.6 Å². The van der Waals surface area contributed by atoms with Crippen LogP contribution in [0.1, 0.15) is 21.5 Å². The molecule has 0 bridgehead atoms. The fourth-order valence-electron chi connectivity index (χ4n) is 2.61. The normalized spacial score (nSPS) is 10.5. The molecule has 0 aliphatic heterocycles. The van der Waals surface area contributed by atoms with Gasteiger partial charge in [-0.3, -0.25) is 14.6 Å². The first-order valence-electron chi connectivity index (χ1n) is 9.10. The molecule has 0 spiro atoms. The number of pyridine rings is 1. The minimum Gasteiger partial charge on any atom is -0.351 e. The van der Waals surface area contributed by atoms with E-state index in [0.29, 0.717) is 39.3 Å². The molecule has 2 aromatic carbocycles. The smallest absolute Gasteiger partial charge is 0.255 e. The van der Waals surface area contributed by atoms with Gasteiger partial charge in [-0.05, 0) is 47.5 Å². The number of anilines is 1. The van der Waals surface area contributed by atoms with E-state index < -0.39 is 0 Å². The van der Waals surface area contributed by atoms with E-state index in [2.05, 4.69) is 15.6 Å². The van der Waals surface area contributed by atoms with Crippen molar-refractivity contribution in [2.24, 2.45) is 0 Å². The van der Waals surface area contributed by atoms with E-state index in [1.807, 2.05) is 24.3 Å². The number of halogens is 2. The summed E-state index contributed by atoms with van der Waals surface area (Å²) in [5.74, 6) is 0.657. The molecule has 1 heterocycles. The lowest BCUT2D eigenvalue weighted by Gasteiger charge is -2.09. The topological polar surface area (TPSA) is 71.1 Å². The van der Waals surface area contributed by atoms with Gasteiger partial charge in [0.15, 0.2) is 0 Å². The van der Waals surface area contributed by atoms with Crippen molar-refractivity contribution in [2.75, 3.05) is 11.1 Å². The third-order valence-electron chi connectivity index (χ3n) is 4.12. The van der Waals surface area contributed by atoms with Crippen molar-refractivity contribution in [1.82, 2.24) is 10.3 Å². The van der Waals surface area contributed by atoms with Gasteiger partial charge in [-0.2, -0.15) is 0 Å². The Balaban J connectivity index is 1.45. The summed E-state index contributed by atoms with van der Waals surface area (Å²) in [5.41, 5.74) is 3.02. The van der Waals surface area contributed by atoms with E-state index in [9.17, 15) is 9.59 Å². The number of benzene rings is 2. The number of aromatic nitrogens is 1. The fourth-order valence-corrected chi connectivity index (χ4v) is 4.03. The molecule has 0 saturated heterocycles. The molecule has 0 saturated carbocycles. The number of amides is 2. The number of hydrogen-bond acceptors (Lipinski definition) is 4. The second-order valence-electron chi connectivity index (χ2n) is 6.40. The largest absolute Gasteiger partial charge is 0.351 e. The van der Waals surface area contributed by atoms with Crippen molar-refractivity contribution in [2.45, 2.75) is 12.3 Å². The molecule has 3 rings (SSSR count). The molecule has 8 heteroatoms. The molecule has 0 unspecified atom stereocenters. The first-order valence-corrected chi connectivity index (χ1v) is 11.0. The summed E-state index contributed by atoms with van der Waals surface area (Å²) in [7, 11) is 0. The third-order valence-corrected chi connectivity index (χ3v) is 5.69. The number of carbonyl (C=O) groups is 2. The SMILES string of the molecule is O=C(CSCc1ccc(Cl)cc1Cl)NCc1cccc(NC(=O)c2ccncc2)c1. The van der Waals surface area contributed by atoms with Crippen molar-refractivity contribution in [3.8, 4) is 0 Å². The summed E-state index contributed by atoms with van der Waals surface area (Å²) in [6, 6.07) is 16.0. The van der Waals surface area contributed by atoms with Crippen molar-refractivity contribution < 1.29 is 9.59 Å². The van der Waals surface area contributed by atoms with E-state index in [0.717, 1.165) is 11.1 Å². The Morgan fingerprint density at radius 2 is 1.80 bits per heavy atom. The zero-order valence-corrected chi connectivity index (χ0v) is 18.2. The molecule has 1 aromatic heterocycles. The van der Waals surface area contributed by atoms with Crippen LogP contribution in [0.4, 0.5) is 5.69 Å². The number of rotatable bonds is 8. The maximum absolute atomic E-state index is 12.2. The van der Waals surface area contributed by atoms with Crippen LogP contribution in [0.5, 0.6) is 0 Å². The van der Waals surface area contributed by atoms with Gasteiger partial charge in [-0.1, -0.05) is 41.4 Å². The van der Waals surface area contributed by atoms with Crippen molar-refractivity contribution in [3.05, 3.63) is 93.7 Å². The van der Waals surface area contributed by atoms with E-state index in [1.54, 1.807) is 42.7 Å². The first kappa shape index (κ1) is 22.2. The monoisotopic (exact) mass is 459 g/mol. The molecule has 0 aliphatic carbocycles. The Hall–Kier alpha value is -2.54. The third kappa shape index (κ3) is 6.76. The number of thioether (sulfide) groups is 1. The summed E-state index contributed by atoms with van der Waals surface area (Å²) < 4.78 is 0. The lowest BCUT2D eigenvalue weighted by molar-refractivity contribution is -0.118. The molecule has 5 nitrogen and oxygen atoms in total. The van der Waals surface area contributed by atoms with Gasteiger partial charge in [0.2, 0.25) is 5.91 Å². The van der Waals surface area contributed by atoms with Crippen LogP contribution in [-0.4, -0.2) is 22.6 Å². The van der Waals surface area contributed by atoms with Crippen LogP contribution in [0.2, 0.25) is 10.0 Å². The van der Waals surface area contributed by atoms with Crippen LogP contribution in [0.15, 0.2) is 67.0 Å². The average molecular weight is 460 g/mol. The lowest BCUT2D eigenvalue weighted by atomic mass is 10.2. The quantitative estimate of drug-likeness (QED) is 0.486. The van der Waals surface area contributed by atoms with E-state index >= 15 is 0 Å². The first-order chi connectivity index (χ1) is 14.5. The summed E-state index contributed by atoms with van der Waals surface area (Å²) >= 11 is 13.5. The van der Waals surface area contributed by atoms with Gasteiger partial charge >= 0.3 is 0 Å². The van der Waals surface area contributed by atoms with Crippen LogP contribution in [0.25, 0.3) is 0 Å². The molecule has 30 heavy (non-hydrogen) atoms. The fraction of sp³-hybridized carbons (Fsp3) is 0.136. The minimum absolute atomic E-state index is 0.0729. The second-order valence-corrected chi connectivity index (χ2v) is 8.22. The number of nitrogens with one attached hydrogen (secondary N) is 2. The highest BCUT2D eigenvalue weighted by Crippen LogP contribution is 2.24. The Kier molecular flexibility index (Phi) is 8.13. The molecular weight excluding hydrogens is 441 g/mol. The second kappa shape index (κ2) is 11.0. The standard InChI is InChI=1S/C22H19Cl2N3O2S/c23-18-5-4-17(20(24)11-18)13-30-14-21(28)26-12-15-2-1-3-19(10-15)27-22(29)16-6-8-25-9-7-16/h1-11H,12-14H2,(H,26,28)(H,27,29). The van der Waals surface area contributed by atoms with Gasteiger partial charge in [0.05, 0.1) is 5.75 Å². The van der Waals surface area contributed by atoms with Crippen LogP contribution in [0.3, 0.4) is 0 Å². The van der Waals surface area contributed by atoms with E-state index in [-0.39, 0.29) is 11.8 Å². The van der Waals surface area contributed by atoms with Crippen LogP contribution in [0, 0.1) is 0 Å². The Labute approximate surface area is 189 Å². The molecule has 2 N–H and O–H groups in total. The number of nitrogens with zero attached hydrogens (tertiary/aromatic N) is 1. The van der Waals surface area contributed by atoms with Crippen molar-refractivity contribution >= 4 is 52.5 Å².